The molecule has 0 aliphatic heterocycles. The molecule has 6 heteroatoms. The normalized spacial score (nSPS) is 11.3. The van der Waals surface area contributed by atoms with Crippen LogP contribution in [-0.4, -0.2) is 24.9 Å². The van der Waals surface area contributed by atoms with Crippen LogP contribution in [0.2, 0.25) is 0 Å². The first-order valence-electron chi connectivity index (χ1n) is 26.0. The number of hydrogen-bond acceptors (Lipinski definition) is 6. The summed E-state index contributed by atoms with van der Waals surface area (Å²) >= 11 is 0. The lowest BCUT2D eigenvalue weighted by molar-refractivity contribution is 1.23. The number of nitrogens with zero attached hydrogens (tertiary/aromatic N) is 6. The second kappa shape index (κ2) is 19.5. The average molecular weight is 993 g/mol. The van der Waals surface area contributed by atoms with Gasteiger partial charge in [-0.1, -0.05) is 249 Å². The van der Waals surface area contributed by atoms with Crippen LogP contribution in [0.5, 0.6) is 0 Å². The van der Waals surface area contributed by atoms with Gasteiger partial charge >= 0.3 is 0 Å². The smallest absolute Gasteiger partial charge is 0.160 e. The van der Waals surface area contributed by atoms with Gasteiger partial charge in [0, 0.05) is 54.9 Å². The summed E-state index contributed by atoms with van der Waals surface area (Å²) in [7, 11) is 0. The van der Waals surface area contributed by atoms with Crippen molar-refractivity contribution < 1.29 is 0 Å². The molecule has 0 bridgehead atoms. The molecule has 14 aromatic rings. The van der Waals surface area contributed by atoms with E-state index in [1.165, 1.54) is 0 Å². The molecule has 0 N–H and O–H groups in total. The Hall–Kier alpha value is -10.7. The summed E-state index contributed by atoms with van der Waals surface area (Å²) in [5.41, 5.74) is 19.8. The van der Waals surface area contributed by atoms with Gasteiger partial charge in [-0.05, 0) is 57.1 Å². The predicted molar refractivity (Wildman–Crippen MR) is 319 cm³/mol. The minimum atomic E-state index is 0.509. The van der Waals surface area contributed by atoms with Crippen LogP contribution in [0.1, 0.15) is 5.56 Å². The third-order valence-corrected chi connectivity index (χ3v) is 14.7. The SMILES string of the molecule is N#Cc1c(-c2ccccc2)nc2c(ccc3c(-c4ccccc4)cc(-c4ccccc4)nc32)c1-c1ccc(-c2ccc(-c3nc(-c4ccccc4)nc4c3ccc3c(-c5ccccc5)cc(-c5ccccc5)nc34)cc2)cc1. The van der Waals surface area contributed by atoms with Gasteiger partial charge in [-0.15, -0.1) is 0 Å². The largest absolute Gasteiger partial charge is 0.245 e. The summed E-state index contributed by atoms with van der Waals surface area (Å²) in [6.45, 7) is 0. The number of nitriles is 1. The number of hydrogen-bond donors (Lipinski definition) is 0. The third-order valence-electron chi connectivity index (χ3n) is 14.7. The molecule has 0 saturated carbocycles. The molecule has 4 heterocycles. The fourth-order valence-corrected chi connectivity index (χ4v) is 10.9. The van der Waals surface area contributed by atoms with Crippen molar-refractivity contribution in [3.05, 3.63) is 272 Å². The summed E-state index contributed by atoms with van der Waals surface area (Å²) < 4.78 is 0. The minimum absolute atomic E-state index is 0.509. The molecule has 0 spiro atoms. The molecule has 362 valence electrons. The van der Waals surface area contributed by atoms with Crippen molar-refractivity contribution in [2.75, 3.05) is 0 Å². The Morgan fingerprint density at radius 3 is 1.09 bits per heavy atom. The van der Waals surface area contributed by atoms with E-state index in [1.54, 1.807) is 0 Å². The van der Waals surface area contributed by atoms with E-state index in [0.717, 1.165) is 133 Å². The first kappa shape index (κ1) is 45.8. The molecule has 0 fully saturated rings. The summed E-state index contributed by atoms with van der Waals surface area (Å²) in [5.74, 6) is 0.631. The zero-order chi connectivity index (χ0) is 51.9. The highest BCUT2D eigenvalue weighted by Crippen LogP contribution is 2.43. The third kappa shape index (κ3) is 8.20. The maximum atomic E-state index is 11.1. The molecule has 0 atom stereocenters. The van der Waals surface area contributed by atoms with E-state index >= 15 is 0 Å². The van der Waals surface area contributed by atoms with Gasteiger partial charge in [-0.25, -0.2) is 24.9 Å². The van der Waals surface area contributed by atoms with E-state index in [4.69, 9.17) is 24.9 Å². The molecule has 0 saturated heterocycles. The van der Waals surface area contributed by atoms with Gasteiger partial charge in [0.1, 0.15) is 11.6 Å². The van der Waals surface area contributed by atoms with Gasteiger partial charge in [0.15, 0.2) is 5.82 Å². The Bertz CT molecular complexity index is 4610. The molecule has 78 heavy (non-hydrogen) atoms. The van der Waals surface area contributed by atoms with E-state index in [2.05, 4.69) is 188 Å². The van der Waals surface area contributed by atoms with Gasteiger partial charge in [-0.2, -0.15) is 5.26 Å². The lowest BCUT2D eigenvalue weighted by Crippen LogP contribution is -1.99. The highest BCUT2D eigenvalue weighted by molar-refractivity contribution is 6.15. The molecule has 0 aliphatic carbocycles. The number of rotatable bonds is 9. The van der Waals surface area contributed by atoms with Gasteiger partial charge in [-0.3, -0.25) is 0 Å². The summed E-state index contributed by atoms with van der Waals surface area (Å²) in [6, 6.07) is 94.4. The summed E-state index contributed by atoms with van der Waals surface area (Å²) in [5, 5.41) is 14.9. The second-order valence-electron chi connectivity index (χ2n) is 19.4. The van der Waals surface area contributed by atoms with Crippen molar-refractivity contribution in [3.63, 3.8) is 0 Å². The van der Waals surface area contributed by atoms with E-state index in [1.807, 2.05) is 84.9 Å². The Morgan fingerprint density at radius 1 is 0.256 bits per heavy atom. The maximum absolute atomic E-state index is 11.1. The molecule has 0 aliphatic rings. The number of fused-ring (bicyclic) bond motifs is 6. The molecular weight excluding hydrogens is 949 g/mol. The summed E-state index contributed by atoms with van der Waals surface area (Å²) in [6.07, 6.45) is 0. The quantitative estimate of drug-likeness (QED) is 0.134. The molecular formula is C72H44N6. The minimum Gasteiger partial charge on any atom is -0.245 e. The Balaban J connectivity index is 0.901. The fraction of sp³-hybridized carbons (Fsp3) is 0. The molecule has 4 aromatic heterocycles. The van der Waals surface area contributed by atoms with E-state index in [9.17, 15) is 5.26 Å². The van der Waals surface area contributed by atoms with Crippen molar-refractivity contribution in [1.82, 2.24) is 24.9 Å². The lowest BCUT2D eigenvalue weighted by atomic mass is 9.90. The standard InChI is InChI=1S/C72H44N6/c73-45-62-65(58-41-39-56-60(48-19-7-1-8-20-48)43-63(50-23-11-3-12-24-50)74-68(56)70(58)76-67(62)53-27-15-5-16-28-53)52-35-31-46(32-36-52)47-33-37-54(38-34-47)66-59-42-40-57-61(49-21-9-2-10-22-49)44-64(51-25-13-4-14-26-51)75-69(57)71(59)78-72(77-66)55-29-17-6-18-30-55/h1-44H. The van der Waals surface area contributed by atoms with Gasteiger partial charge in [0.25, 0.3) is 0 Å². The lowest BCUT2D eigenvalue weighted by Gasteiger charge is -2.17. The topological polar surface area (TPSA) is 88.2 Å². The van der Waals surface area contributed by atoms with Crippen molar-refractivity contribution >= 4 is 43.6 Å². The average Bonchev–Trinajstić information content (AvgIpc) is 3.72. The van der Waals surface area contributed by atoms with Crippen LogP contribution in [0.4, 0.5) is 0 Å². The van der Waals surface area contributed by atoms with E-state index in [0.29, 0.717) is 17.1 Å². The molecule has 0 unspecified atom stereocenters. The number of benzene rings is 10. The first-order valence-corrected chi connectivity index (χ1v) is 26.0. The molecule has 14 rings (SSSR count). The predicted octanol–water partition coefficient (Wildman–Crippen LogP) is 18.1. The van der Waals surface area contributed by atoms with Crippen LogP contribution >= 0.6 is 0 Å². The zero-order valence-corrected chi connectivity index (χ0v) is 42.1. The van der Waals surface area contributed by atoms with Crippen molar-refractivity contribution in [1.29, 1.82) is 5.26 Å². The van der Waals surface area contributed by atoms with Crippen LogP contribution in [-0.2, 0) is 0 Å². The Labute approximate surface area is 451 Å². The van der Waals surface area contributed by atoms with Crippen molar-refractivity contribution in [3.8, 4) is 107 Å². The van der Waals surface area contributed by atoms with E-state index in [-0.39, 0.29) is 0 Å². The van der Waals surface area contributed by atoms with Crippen LogP contribution in [0.25, 0.3) is 145 Å². The van der Waals surface area contributed by atoms with Gasteiger partial charge in [0.05, 0.1) is 44.9 Å². The highest BCUT2D eigenvalue weighted by Gasteiger charge is 2.23. The highest BCUT2D eigenvalue weighted by atomic mass is 14.9. The van der Waals surface area contributed by atoms with Crippen molar-refractivity contribution in [2.24, 2.45) is 0 Å². The fourth-order valence-electron chi connectivity index (χ4n) is 10.9. The second-order valence-corrected chi connectivity index (χ2v) is 19.4. The monoisotopic (exact) mass is 992 g/mol. The Morgan fingerprint density at radius 2 is 0.615 bits per heavy atom. The molecule has 10 aromatic carbocycles. The van der Waals surface area contributed by atoms with E-state index < -0.39 is 0 Å². The first-order chi connectivity index (χ1) is 38.6. The van der Waals surface area contributed by atoms with Crippen LogP contribution < -0.4 is 0 Å². The zero-order valence-electron chi connectivity index (χ0n) is 42.1. The van der Waals surface area contributed by atoms with Crippen LogP contribution in [0.3, 0.4) is 0 Å². The molecule has 6 nitrogen and oxygen atoms in total. The molecule has 0 radical (unpaired) electrons. The number of aromatic nitrogens is 5. The van der Waals surface area contributed by atoms with Crippen molar-refractivity contribution in [2.45, 2.75) is 0 Å². The number of pyridine rings is 3. The Kier molecular flexibility index (Phi) is 11.5. The van der Waals surface area contributed by atoms with Gasteiger partial charge in [0.2, 0.25) is 0 Å². The maximum Gasteiger partial charge on any atom is 0.160 e. The summed E-state index contributed by atoms with van der Waals surface area (Å²) in [4.78, 5) is 26.8. The molecule has 0 amide bonds. The van der Waals surface area contributed by atoms with Crippen LogP contribution in [0, 0.1) is 11.3 Å². The van der Waals surface area contributed by atoms with Gasteiger partial charge < -0.3 is 0 Å². The van der Waals surface area contributed by atoms with Crippen LogP contribution in [0.15, 0.2) is 267 Å².